The molecule has 0 aliphatic carbocycles. The highest BCUT2D eigenvalue weighted by Crippen LogP contribution is 2.17. The molecule has 0 fully saturated rings. The number of hydrogen-bond donors (Lipinski definition) is 0. The SMILES string of the molecule is C[Si](C)(C)Oc1ccc(/C=C/COC(=O)/C=C/c2ccccc2)cc1. The van der Waals surface area contributed by atoms with Gasteiger partial charge in [0, 0.05) is 6.08 Å². The van der Waals surface area contributed by atoms with Crippen LogP contribution in [0.4, 0.5) is 0 Å². The number of carbonyl (C=O) groups is 1. The summed E-state index contributed by atoms with van der Waals surface area (Å²) in [4.78, 5) is 11.6. The minimum atomic E-state index is -1.57. The molecular formula is C21H24O3Si. The molecule has 0 bridgehead atoms. The zero-order chi connectivity index (χ0) is 18.1. The number of ether oxygens (including phenoxy) is 1. The molecule has 0 aliphatic heterocycles. The summed E-state index contributed by atoms with van der Waals surface area (Å²) < 4.78 is 11.1. The highest BCUT2D eigenvalue weighted by Gasteiger charge is 2.15. The number of carbonyl (C=O) groups excluding carboxylic acids is 1. The molecule has 2 aromatic rings. The van der Waals surface area contributed by atoms with Crippen LogP contribution in [0.5, 0.6) is 5.75 Å². The quantitative estimate of drug-likeness (QED) is 0.392. The fourth-order valence-corrected chi connectivity index (χ4v) is 2.93. The van der Waals surface area contributed by atoms with Gasteiger partial charge in [-0.05, 0) is 55.1 Å². The van der Waals surface area contributed by atoms with E-state index in [1.165, 1.54) is 6.08 Å². The second-order valence-corrected chi connectivity index (χ2v) is 11.0. The minimum Gasteiger partial charge on any atom is -0.544 e. The van der Waals surface area contributed by atoms with Crippen LogP contribution < -0.4 is 4.43 Å². The molecule has 3 nitrogen and oxygen atoms in total. The molecule has 0 radical (unpaired) electrons. The first kappa shape index (κ1) is 18.7. The standard InChI is InChI=1S/C21H24O3Si/c1-25(2,3)24-20-14-11-19(12-15-20)10-7-17-23-21(22)16-13-18-8-5-4-6-9-18/h4-16H,17H2,1-3H3/b10-7+,16-13+. The van der Waals surface area contributed by atoms with E-state index in [-0.39, 0.29) is 12.6 Å². The predicted molar refractivity (Wildman–Crippen MR) is 106 cm³/mol. The molecule has 0 atom stereocenters. The average molecular weight is 353 g/mol. The lowest BCUT2D eigenvalue weighted by Gasteiger charge is -2.18. The molecule has 0 heterocycles. The highest BCUT2D eigenvalue weighted by molar-refractivity contribution is 6.70. The molecule has 0 saturated carbocycles. The van der Waals surface area contributed by atoms with Crippen molar-refractivity contribution < 1.29 is 14.0 Å². The smallest absolute Gasteiger partial charge is 0.331 e. The molecule has 0 aliphatic rings. The Hall–Kier alpha value is -2.59. The lowest BCUT2D eigenvalue weighted by atomic mass is 10.2. The van der Waals surface area contributed by atoms with E-state index in [2.05, 4.69) is 19.6 Å². The first-order valence-corrected chi connectivity index (χ1v) is 11.7. The maximum absolute atomic E-state index is 11.6. The third-order valence-electron chi connectivity index (χ3n) is 3.15. The molecule has 2 rings (SSSR count). The van der Waals surface area contributed by atoms with Crippen LogP contribution in [0.1, 0.15) is 11.1 Å². The van der Waals surface area contributed by atoms with Gasteiger partial charge in [0.05, 0.1) is 0 Å². The largest absolute Gasteiger partial charge is 0.544 e. The summed E-state index contributed by atoms with van der Waals surface area (Å²) in [6, 6.07) is 17.6. The highest BCUT2D eigenvalue weighted by atomic mass is 28.4. The van der Waals surface area contributed by atoms with Crippen molar-refractivity contribution in [2.24, 2.45) is 0 Å². The van der Waals surface area contributed by atoms with Gasteiger partial charge in [-0.3, -0.25) is 0 Å². The number of benzene rings is 2. The Bertz CT molecular complexity index is 726. The molecule has 2 aromatic carbocycles. The Balaban J connectivity index is 1.77. The van der Waals surface area contributed by atoms with Crippen LogP contribution >= 0.6 is 0 Å². The van der Waals surface area contributed by atoms with E-state index in [0.29, 0.717) is 0 Å². The van der Waals surface area contributed by atoms with E-state index in [4.69, 9.17) is 9.16 Å². The van der Waals surface area contributed by atoms with Gasteiger partial charge in [0.2, 0.25) is 8.32 Å². The Labute approximate surface area is 150 Å². The Kier molecular flexibility index (Phi) is 6.78. The van der Waals surface area contributed by atoms with E-state index < -0.39 is 8.32 Å². The van der Waals surface area contributed by atoms with Gasteiger partial charge < -0.3 is 9.16 Å². The summed E-state index contributed by atoms with van der Waals surface area (Å²) in [5.74, 6) is 0.543. The molecule has 25 heavy (non-hydrogen) atoms. The minimum absolute atomic E-state index is 0.241. The van der Waals surface area contributed by atoms with Crippen molar-refractivity contribution in [3.63, 3.8) is 0 Å². The Morgan fingerprint density at radius 2 is 1.56 bits per heavy atom. The van der Waals surface area contributed by atoms with Gasteiger partial charge in [-0.2, -0.15) is 0 Å². The normalized spacial score (nSPS) is 11.8. The molecule has 4 heteroatoms. The molecule has 0 unspecified atom stereocenters. The van der Waals surface area contributed by atoms with Gasteiger partial charge in [-0.25, -0.2) is 4.79 Å². The van der Waals surface area contributed by atoms with E-state index in [1.807, 2.05) is 66.7 Å². The summed E-state index contributed by atoms with van der Waals surface area (Å²) in [7, 11) is -1.57. The second kappa shape index (κ2) is 9.04. The Morgan fingerprint density at radius 1 is 0.920 bits per heavy atom. The van der Waals surface area contributed by atoms with Gasteiger partial charge in [0.15, 0.2) is 0 Å². The van der Waals surface area contributed by atoms with Crippen molar-refractivity contribution in [1.82, 2.24) is 0 Å². The third kappa shape index (κ3) is 7.68. The van der Waals surface area contributed by atoms with Crippen molar-refractivity contribution >= 4 is 26.4 Å². The van der Waals surface area contributed by atoms with Crippen LogP contribution in [0.15, 0.2) is 66.7 Å². The number of rotatable bonds is 7. The maximum Gasteiger partial charge on any atom is 0.331 e. The average Bonchev–Trinajstić information content (AvgIpc) is 2.58. The second-order valence-electron chi connectivity index (χ2n) is 6.56. The molecule has 130 valence electrons. The van der Waals surface area contributed by atoms with Crippen molar-refractivity contribution in [2.45, 2.75) is 19.6 Å². The van der Waals surface area contributed by atoms with Crippen LogP contribution in [0, 0.1) is 0 Å². The molecule has 0 aromatic heterocycles. The lowest BCUT2D eigenvalue weighted by molar-refractivity contribution is -0.136. The van der Waals surface area contributed by atoms with Crippen molar-refractivity contribution in [1.29, 1.82) is 0 Å². The van der Waals surface area contributed by atoms with Gasteiger partial charge in [-0.15, -0.1) is 0 Å². The zero-order valence-electron chi connectivity index (χ0n) is 14.9. The van der Waals surface area contributed by atoms with E-state index >= 15 is 0 Å². The van der Waals surface area contributed by atoms with Crippen LogP contribution in [0.2, 0.25) is 19.6 Å². The van der Waals surface area contributed by atoms with Crippen LogP contribution in [-0.4, -0.2) is 20.9 Å². The summed E-state index contributed by atoms with van der Waals surface area (Å²) in [6.45, 7) is 6.70. The van der Waals surface area contributed by atoms with Gasteiger partial charge in [-0.1, -0.05) is 48.5 Å². The fourth-order valence-electron chi connectivity index (χ4n) is 2.09. The van der Waals surface area contributed by atoms with Gasteiger partial charge in [0.1, 0.15) is 12.4 Å². The van der Waals surface area contributed by atoms with E-state index in [0.717, 1.165) is 16.9 Å². The number of esters is 1. The maximum atomic E-state index is 11.6. The summed E-state index contributed by atoms with van der Waals surface area (Å²) >= 11 is 0. The fraction of sp³-hybridized carbons (Fsp3) is 0.190. The van der Waals surface area contributed by atoms with Gasteiger partial charge in [0.25, 0.3) is 0 Å². The first-order valence-electron chi connectivity index (χ1n) is 8.28. The van der Waals surface area contributed by atoms with Gasteiger partial charge >= 0.3 is 5.97 Å². The van der Waals surface area contributed by atoms with E-state index in [1.54, 1.807) is 6.08 Å². The van der Waals surface area contributed by atoms with Crippen LogP contribution in [0.3, 0.4) is 0 Å². The van der Waals surface area contributed by atoms with Crippen LogP contribution in [0.25, 0.3) is 12.2 Å². The molecular weight excluding hydrogens is 328 g/mol. The van der Waals surface area contributed by atoms with Crippen molar-refractivity contribution in [2.75, 3.05) is 6.61 Å². The molecule has 0 N–H and O–H groups in total. The summed E-state index contributed by atoms with van der Waals surface area (Å²) in [5.41, 5.74) is 2.01. The third-order valence-corrected chi connectivity index (χ3v) is 4.00. The Morgan fingerprint density at radius 3 is 2.20 bits per heavy atom. The summed E-state index contributed by atoms with van der Waals surface area (Å²) in [6.07, 6.45) is 6.92. The molecule has 0 saturated heterocycles. The lowest BCUT2D eigenvalue weighted by Crippen LogP contribution is -2.29. The van der Waals surface area contributed by atoms with Crippen molar-refractivity contribution in [3.8, 4) is 5.75 Å². The predicted octanol–water partition coefficient (Wildman–Crippen LogP) is 5.17. The monoisotopic (exact) mass is 352 g/mol. The van der Waals surface area contributed by atoms with E-state index in [9.17, 15) is 4.79 Å². The number of hydrogen-bond acceptors (Lipinski definition) is 3. The van der Waals surface area contributed by atoms with Crippen molar-refractivity contribution in [3.05, 3.63) is 77.9 Å². The first-order chi connectivity index (χ1) is 11.9. The summed E-state index contributed by atoms with van der Waals surface area (Å²) in [5, 5.41) is 0. The van der Waals surface area contributed by atoms with Crippen LogP contribution in [-0.2, 0) is 9.53 Å². The zero-order valence-corrected chi connectivity index (χ0v) is 15.9. The molecule has 0 spiro atoms. The topological polar surface area (TPSA) is 35.5 Å². The molecule has 0 amide bonds.